The Morgan fingerprint density at radius 3 is 2.40 bits per heavy atom. The maximum atomic E-state index is 13.5. The third-order valence-corrected chi connectivity index (χ3v) is 4.67. The van der Waals surface area contributed by atoms with Crippen molar-refractivity contribution in [2.24, 2.45) is 0 Å². The first-order valence-electron chi connectivity index (χ1n) is 7.61. The molecule has 0 saturated heterocycles. The Hall–Kier alpha value is -1.22. The van der Waals surface area contributed by atoms with Crippen LogP contribution in [0.3, 0.4) is 0 Å². The Morgan fingerprint density at radius 2 is 1.85 bits per heavy atom. The molecule has 0 aromatic heterocycles. The number of Topliss-reactive ketones (excluding diaryl/α,β-unsaturated/α-hetero) is 1. The van der Waals surface area contributed by atoms with Gasteiger partial charge >= 0.3 is 0 Å². The van der Waals surface area contributed by atoms with Gasteiger partial charge in [0.05, 0.1) is 5.54 Å². The number of hydrogen-bond donors (Lipinski definition) is 0. The quantitative estimate of drug-likeness (QED) is 0.759. The van der Waals surface area contributed by atoms with E-state index in [0.29, 0.717) is 5.56 Å². The zero-order chi connectivity index (χ0) is 14.8. The van der Waals surface area contributed by atoms with Gasteiger partial charge in [-0.25, -0.2) is 4.39 Å². The van der Waals surface area contributed by atoms with Gasteiger partial charge in [-0.2, -0.15) is 0 Å². The van der Waals surface area contributed by atoms with E-state index < -0.39 is 5.54 Å². The molecule has 0 N–H and O–H groups in total. The maximum Gasteiger partial charge on any atom is 0.183 e. The minimum Gasteiger partial charge on any atom is -0.292 e. The Bertz CT molecular complexity index is 488. The summed E-state index contributed by atoms with van der Waals surface area (Å²) in [5.41, 5.74) is 1.01. The number of carbonyl (C=O) groups is 1. The van der Waals surface area contributed by atoms with E-state index in [0.717, 1.165) is 44.3 Å². The largest absolute Gasteiger partial charge is 0.292 e. The fourth-order valence-electron chi connectivity index (χ4n) is 3.57. The smallest absolute Gasteiger partial charge is 0.183 e. The van der Waals surface area contributed by atoms with Gasteiger partial charge in [-0.3, -0.25) is 9.69 Å². The van der Waals surface area contributed by atoms with E-state index in [1.54, 1.807) is 6.07 Å². The number of hydrogen-bond acceptors (Lipinski definition) is 2. The highest BCUT2D eigenvalue weighted by Gasteiger charge is 2.45. The van der Waals surface area contributed by atoms with Crippen LogP contribution in [-0.2, 0) is 0 Å². The lowest BCUT2D eigenvalue weighted by atomic mass is 9.84. The molecule has 0 unspecified atom stereocenters. The normalized spacial score (nSPS) is 17.6. The number of ketones is 1. The van der Waals surface area contributed by atoms with Crippen molar-refractivity contribution in [2.45, 2.75) is 52.0 Å². The molecule has 1 aromatic rings. The molecule has 0 heterocycles. The standard InChI is InChI=1S/C17H24FNO/c1-4-19(5-2)17(10-6-7-11-17)16(20)15-12-14(18)9-8-13(15)3/h8-9,12H,4-7,10-11H2,1-3H3. The van der Waals surface area contributed by atoms with E-state index in [9.17, 15) is 9.18 Å². The molecule has 0 spiro atoms. The molecule has 1 fully saturated rings. The Labute approximate surface area is 121 Å². The Morgan fingerprint density at radius 1 is 1.25 bits per heavy atom. The molecule has 0 aliphatic heterocycles. The molecular weight excluding hydrogens is 253 g/mol. The first-order valence-corrected chi connectivity index (χ1v) is 7.61. The molecule has 110 valence electrons. The summed E-state index contributed by atoms with van der Waals surface area (Å²) >= 11 is 0. The fourth-order valence-corrected chi connectivity index (χ4v) is 3.57. The zero-order valence-corrected chi connectivity index (χ0v) is 12.7. The minimum absolute atomic E-state index is 0.107. The van der Waals surface area contributed by atoms with Crippen LogP contribution in [0.2, 0.25) is 0 Å². The van der Waals surface area contributed by atoms with Gasteiger partial charge in [0, 0.05) is 5.56 Å². The highest BCUT2D eigenvalue weighted by molar-refractivity contribution is 6.04. The summed E-state index contributed by atoms with van der Waals surface area (Å²) in [5, 5.41) is 0. The summed E-state index contributed by atoms with van der Waals surface area (Å²) in [7, 11) is 0. The molecule has 20 heavy (non-hydrogen) atoms. The van der Waals surface area contributed by atoms with E-state index in [1.165, 1.54) is 12.1 Å². The van der Waals surface area contributed by atoms with E-state index in [-0.39, 0.29) is 11.6 Å². The number of rotatable bonds is 5. The second-order valence-corrected chi connectivity index (χ2v) is 5.70. The van der Waals surface area contributed by atoms with Crippen molar-refractivity contribution in [2.75, 3.05) is 13.1 Å². The first-order chi connectivity index (χ1) is 9.55. The zero-order valence-electron chi connectivity index (χ0n) is 12.7. The molecule has 1 aromatic carbocycles. The van der Waals surface area contributed by atoms with Crippen LogP contribution in [0.1, 0.15) is 55.5 Å². The molecule has 2 rings (SSSR count). The molecule has 0 radical (unpaired) electrons. The number of carbonyl (C=O) groups excluding carboxylic acids is 1. The van der Waals surface area contributed by atoms with Crippen molar-refractivity contribution >= 4 is 5.78 Å². The molecule has 0 bridgehead atoms. The summed E-state index contributed by atoms with van der Waals surface area (Å²) < 4.78 is 13.5. The van der Waals surface area contributed by atoms with Crippen LogP contribution in [0.4, 0.5) is 4.39 Å². The second-order valence-electron chi connectivity index (χ2n) is 5.70. The van der Waals surface area contributed by atoms with Crippen molar-refractivity contribution in [1.82, 2.24) is 4.90 Å². The maximum absolute atomic E-state index is 13.5. The Kier molecular flexibility index (Phi) is 4.59. The van der Waals surface area contributed by atoms with Gasteiger partial charge in [0.1, 0.15) is 5.82 Å². The van der Waals surface area contributed by atoms with Crippen LogP contribution in [0, 0.1) is 12.7 Å². The highest BCUT2D eigenvalue weighted by atomic mass is 19.1. The molecule has 0 atom stereocenters. The number of nitrogens with zero attached hydrogens (tertiary/aromatic N) is 1. The molecule has 3 heteroatoms. The topological polar surface area (TPSA) is 20.3 Å². The number of benzene rings is 1. The summed E-state index contributed by atoms with van der Waals surface area (Å²) in [6.45, 7) is 7.79. The van der Waals surface area contributed by atoms with Gasteiger partial charge < -0.3 is 0 Å². The molecule has 1 saturated carbocycles. The third kappa shape index (κ3) is 2.51. The Balaban J connectivity index is 2.44. The molecular formula is C17H24FNO. The summed E-state index contributed by atoms with van der Waals surface area (Å²) in [4.78, 5) is 15.3. The third-order valence-electron chi connectivity index (χ3n) is 4.67. The predicted molar refractivity (Wildman–Crippen MR) is 79.6 cm³/mol. The molecule has 1 aliphatic carbocycles. The minimum atomic E-state index is -0.415. The van der Waals surface area contributed by atoms with Crippen LogP contribution in [-0.4, -0.2) is 29.3 Å². The lowest BCUT2D eigenvalue weighted by Gasteiger charge is -2.39. The lowest BCUT2D eigenvalue weighted by Crippen LogP contribution is -2.52. The SMILES string of the molecule is CCN(CC)C1(C(=O)c2cc(F)ccc2C)CCCC1. The average Bonchev–Trinajstić information content (AvgIpc) is 2.93. The highest BCUT2D eigenvalue weighted by Crippen LogP contribution is 2.38. The van der Waals surface area contributed by atoms with Gasteiger partial charge in [0.15, 0.2) is 5.78 Å². The number of likely N-dealkylation sites (N-methyl/N-ethyl adjacent to an activating group) is 1. The average molecular weight is 277 g/mol. The van der Waals surface area contributed by atoms with Crippen molar-refractivity contribution in [3.05, 3.63) is 35.1 Å². The van der Waals surface area contributed by atoms with E-state index in [1.807, 2.05) is 6.92 Å². The van der Waals surface area contributed by atoms with Gasteiger partial charge in [0.25, 0.3) is 0 Å². The van der Waals surface area contributed by atoms with Crippen LogP contribution < -0.4 is 0 Å². The summed E-state index contributed by atoms with van der Waals surface area (Å²) in [5.74, 6) is -0.220. The van der Waals surface area contributed by atoms with E-state index in [2.05, 4.69) is 18.7 Å². The van der Waals surface area contributed by atoms with E-state index in [4.69, 9.17) is 0 Å². The molecule has 2 nitrogen and oxygen atoms in total. The van der Waals surface area contributed by atoms with Gasteiger partial charge in [-0.1, -0.05) is 32.8 Å². The summed E-state index contributed by atoms with van der Waals surface area (Å²) in [6.07, 6.45) is 3.94. The van der Waals surface area contributed by atoms with E-state index >= 15 is 0 Å². The summed E-state index contributed by atoms with van der Waals surface area (Å²) in [6, 6.07) is 4.53. The van der Waals surface area contributed by atoms with Gasteiger partial charge in [-0.15, -0.1) is 0 Å². The molecule has 1 aliphatic rings. The van der Waals surface area contributed by atoms with Gasteiger partial charge in [0.2, 0.25) is 0 Å². The van der Waals surface area contributed by atoms with Crippen LogP contribution in [0.25, 0.3) is 0 Å². The van der Waals surface area contributed by atoms with Crippen molar-refractivity contribution < 1.29 is 9.18 Å². The lowest BCUT2D eigenvalue weighted by molar-refractivity contribution is 0.0583. The monoisotopic (exact) mass is 277 g/mol. The van der Waals surface area contributed by atoms with Crippen molar-refractivity contribution in [3.63, 3.8) is 0 Å². The number of halogens is 1. The number of aryl methyl sites for hydroxylation is 1. The predicted octanol–water partition coefficient (Wildman–Crippen LogP) is 3.97. The fraction of sp³-hybridized carbons (Fsp3) is 0.588. The first kappa shape index (κ1) is 15.2. The van der Waals surface area contributed by atoms with Crippen molar-refractivity contribution in [3.8, 4) is 0 Å². The van der Waals surface area contributed by atoms with Crippen LogP contribution >= 0.6 is 0 Å². The van der Waals surface area contributed by atoms with Crippen LogP contribution in [0.15, 0.2) is 18.2 Å². The second kappa shape index (κ2) is 6.04. The van der Waals surface area contributed by atoms with Crippen LogP contribution in [0.5, 0.6) is 0 Å². The molecule has 0 amide bonds. The van der Waals surface area contributed by atoms with Gasteiger partial charge in [-0.05, 0) is 50.6 Å². The van der Waals surface area contributed by atoms with Crippen molar-refractivity contribution in [1.29, 1.82) is 0 Å².